The number of rotatable bonds is 4. The standard InChI is InChI=1S/C16H14Cl2N4O2/c1-20-16(24)15(19)22-21-13-7-6-9(17)8-11(13)14(23)10-4-2-3-5-12(10)18/h2-8,21H,1H3,(H2,19,22)(H,20,24). The van der Waals surface area contributed by atoms with Crippen molar-refractivity contribution in [2.45, 2.75) is 0 Å². The van der Waals surface area contributed by atoms with Crippen molar-refractivity contribution in [2.75, 3.05) is 12.5 Å². The Bertz CT molecular complexity index is 821. The first-order valence-corrected chi connectivity index (χ1v) is 7.59. The summed E-state index contributed by atoms with van der Waals surface area (Å²) in [7, 11) is 1.43. The second kappa shape index (κ2) is 7.81. The fraction of sp³-hybridized carbons (Fsp3) is 0.0625. The Kier molecular flexibility index (Phi) is 5.78. The Balaban J connectivity index is 2.40. The number of likely N-dealkylation sites (N-methyl/N-ethyl adjacent to an activating group) is 1. The maximum atomic E-state index is 12.7. The zero-order chi connectivity index (χ0) is 17.7. The summed E-state index contributed by atoms with van der Waals surface area (Å²) in [4.78, 5) is 24.1. The molecule has 0 bridgehead atoms. The van der Waals surface area contributed by atoms with E-state index >= 15 is 0 Å². The maximum Gasteiger partial charge on any atom is 0.288 e. The number of nitrogens with one attached hydrogen (secondary N) is 2. The molecule has 0 unspecified atom stereocenters. The van der Waals surface area contributed by atoms with E-state index in [1.54, 1.807) is 36.4 Å². The van der Waals surface area contributed by atoms with Gasteiger partial charge in [-0.3, -0.25) is 15.0 Å². The number of amides is 1. The number of amidine groups is 1. The van der Waals surface area contributed by atoms with Crippen molar-refractivity contribution in [3.63, 3.8) is 0 Å². The van der Waals surface area contributed by atoms with Crippen molar-refractivity contribution in [3.05, 3.63) is 63.6 Å². The number of hydrogen-bond acceptors (Lipinski definition) is 4. The van der Waals surface area contributed by atoms with E-state index in [4.69, 9.17) is 28.9 Å². The molecule has 1 amide bonds. The molecular weight excluding hydrogens is 351 g/mol. The third kappa shape index (κ3) is 4.04. The second-order valence-corrected chi connectivity index (χ2v) is 5.53. The van der Waals surface area contributed by atoms with E-state index in [2.05, 4.69) is 15.8 Å². The molecule has 4 N–H and O–H groups in total. The van der Waals surface area contributed by atoms with E-state index in [-0.39, 0.29) is 17.2 Å². The molecule has 0 saturated heterocycles. The lowest BCUT2D eigenvalue weighted by molar-refractivity contribution is -0.114. The number of hydrogen-bond donors (Lipinski definition) is 3. The van der Waals surface area contributed by atoms with Gasteiger partial charge in [0.1, 0.15) is 0 Å². The van der Waals surface area contributed by atoms with Crippen LogP contribution >= 0.6 is 23.2 Å². The van der Waals surface area contributed by atoms with Crippen LogP contribution in [0.4, 0.5) is 5.69 Å². The summed E-state index contributed by atoms with van der Waals surface area (Å²) in [6, 6.07) is 11.3. The van der Waals surface area contributed by atoms with Crippen LogP contribution in [0.3, 0.4) is 0 Å². The van der Waals surface area contributed by atoms with E-state index < -0.39 is 5.91 Å². The van der Waals surface area contributed by atoms with Crippen LogP contribution in [-0.2, 0) is 4.79 Å². The molecule has 0 aromatic heterocycles. The van der Waals surface area contributed by atoms with Gasteiger partial charge < -0.3 is 11.1 Å². The van der Waals surface area contributed by atoms with Gasteiger partial charge in [0.25, 0.3) is 5.91 Å². The Labute approximate surface area is 148 Å². The van der Waals surface area contributed by atoms with Crippen LogP contribution in [0.2, 0.25) is 10.0 Å². The van der Waals surface area contributed by atoms with Crippen molar-refractivity contribution >= 4 is 46.4 Å². The van der Waals surface area contributed by atoms with Gasteiger partial charge in [-0.1, -0.05) is 35.3 Å². The zero-order valence-electron chi connectivity index (χ0n) is 12.6. The molecule has 0 heterocycles. The topological polar surface area (TPSA) is 96.6 Å². The highest BCUT2D eigenvalue weighted by Gasteiger charge is 2.17. The number of carbonyl (C=O) groups is 2. The maximum absolute atomic E-state index is 12.7. The van der Waals surface area contributed by atoms with Crippen LogP contribution in [0.1, 0.15) is 15.9 Å². The molecule has 124 valence electrons. The molecule has 0 aliphatic carbocycles. The molecule has 8 heteroatoms. The van der Waals surface area contributed by atoms with Crippen molar-refractivity contribution in [1.29, 1.82) is 0 Å². The number of benzene rings is 2. The number of nitrogens with two attached hydrogens (primary N) is 1. The number of anilines is 1. The Morgan fingerprint density at radius 2 is 1.79 bits per heavy atom. The van der Waals surface area contributed by atoms with Gasteiger partial charge in [-0.05, 0) is 30.3 Å². The average Bonchev–Trinajstić information content (AvgIpc) is 2.59. The quantitative estimate of drug-likeness (QED) is 0.336. The normalized spacial score (nSPS) is 11.0. The van der Waals surface area contributed by atoms with E-state index in [0.29, 0.717) is 21.3 Å². The molecule has 2 aromatic carbocycles. The van der Waals surface area contributed by atoms with Gasteiger partial charge >= 0.3 is 0 Å². The van der Waals surface area contributed by atoms with Crippen LogP contribution in [0.25, 0.3) is 0 Å². The fourth-order valence-corrected chi connectivity index (χ4v) is 2.29. The number of carbonyl (C=O) groups excluding carboxylic acids is 2. The van der Waals surface area contributed by atoms with E-state index in [0.717, 1.165) is 0 Å². The summed E-state index contributed by atoms with van der Waals surface area (Å²) in [5, 5.41) is 6.79. The van der Waals surface area contributed by atoms with E-state index in [1.807, 2.05) is 0 Å². The first-order valence-electron chi connectivity index (χ1n) is 6.84. The Morgan fingerprint density at radius 3 is 2.46 bits per heavy atom. The second-order valence-electron chi connectivity index (χ2n) is 4.69. The smallest absolute Gasteiger partial charge is 0.288 e. The zero-order valence-corrected chi connectivity index (χ0v) is 14.2. The van der Waals surface area contributed by atoms with Crippen LogP contribution in [0, 0.1) is 0 Å². The fourth-order valence-electron chi connectivity index (χ4n) is 1.89. The largest absolute Gasteiger partial charge is 0.378 e. The summed E-state index contributed by atoms with van der Waals surface area (Å²) in [6.45, 7) is 0. The lowest BCUT2D eigenvalue weighted by atomic mass is 10.0. The van der Waals surface area contributed by atoms with Gasteiger partial charge in [-0.25, -0.2) is 0 Å². The molecule has 2 rings (SSSR count). The molecule has 0 atom stereocenters. The van der Waals surface area contributed by atoms with Crippen LogP contribution in [0.15, 0.2) is 47.6 Å². The first kappa shape index (κ1) is 17.8. The third-order valence-corrected chi connectivity index (χ3v) is 3.67. The van der Waals surface area contributed by atoms with Gasteiger partial charge in [-0.15, -0.1) is 0 Å². The predicted molar refractivity (Wildman–Crippen MR) is 95.6 cm³/mol. The molecule has 6 nitrogen and oxygen atoms in total. The molecule has 24 heavy (non-hydrogen) atoms. The number of hydrazone groups is 1. The van der Waals surface area contributed by atoms with Crippen molar-refractivity contribution in [3.8, 4) is 0 Å². The predicted octanol–water partition coefficient (Wildman–Crippen LogP) is 2.65. The molecule has 0 radical (unpaired) electrons. The summed E-state index contributed by atoms with van der Waals surface area (Å²) < 4.78 is 0. The van der Waals surface area contributed by atoms with E-state index in [9.17, 15) is 9.59 Å². The number of nitrogens with zero attached hydrogens (tertiary/aromatic N) is 1. The van der Waals surface area contributed by atoms with Crippen molar-refractivity contribution in [2.24, 2.45) is 10.8 Å². The summed E-state index contributed by atoms with van der Waals surface area (Å²) >= 11 is 12.1. The molecule has 0 saturated carbocycles. The van der Waals surface area contributed by atoms with Gasteiger partial charge in [0.2, 0.25) is 5.84 Å². The monoisotopic (exact) mass is 364 g/mol. The molecule has 0 aliphatic rings. The summed E-state index contributed by atoms with van der Waals surface area (Å²) in [6.07, 6.45) is 0. The molecular formula is C16H14Cl2N4O2. The van der Waals surface area contributed by atoms with Gasteiger partial charge in [-0.2, -0.15) is 5.10 Å². The highest BCUT2D eigenvalue weighted by Crippen LogP contribution is 2.26. The minimum absolute atomic E-state index is 0.254. The molecule has 0 spiro atoms. The Hall–Kier alpha value is -2.57. The number of ketones is 1. The molecule has 0 aliphatic heterocycles. The first-order chi connectivity index (χ1) is 11.4. The minimum atomic E-state index is -0.546. The highest BCUT2D eigenvalue weighted by atomic mass is 35.5. The lowest BCUT2D eigenvalue weighted by Gasteiger charge is -2.10. The van der Waals surface area contributed by atoms with Gasteiger partial charge in [0.05, 0.1) is 10.7 Å². The van der Waals surface area contributed by atoms with Gasteiger partial charge in [0.15, 0.2) is 5.78 Å². The van der Waals surface area contributed by atoms with Crippen LogP contribution in [0.5, 0.6) is 0 Å². The Morgan fingerprint density at radius 1 is 1.08 bits per heavy atom. The lowest BCUT2D eigenvalue weighted by Crippen LogP contribution is -2.34. The third-order valence-electron chi connectivity index (χ3n) is 3.10. The molecule has 2 aromatic rings. The van der Waals surface area contributed by atoms with Crippen LogP contribution in [-0.4, -0.2) is 24.6 Å². The van der Waals surface area contributed by atoms with Gasteiger partial charge in [0, 0.05) is 23.2 Å². The SMILES string of the molecule is CNC(=O)/C(N)=N/Nc1ccc(Cl)cc1C(=O)c1ccccc1Cl. The van der Waals surface area contributed by atoms with E-state index in [1.165, 1.54) is 13.1 Å². The average molecular weight is 365 g/mol. The summed E-state index contributed by atoms with van der Waals surface area (Å²) in [5.74, 6) is -1.15. The molecule has 0 fully saturated rings. The van der Waals surface area contributed by atoms with Crippen molar-refractivity contribution < 1.29 is 9.59 Å². The van der Waals surface area contributed by atoms with Crippen LogP contribution < -0.4 is 16.5 Å². The highest BCUT2D eigenvalue weighted by molar-refractivity contribution is 6.37. The van der Waals surface area contributed by atoms with Crippen molar-refractivity contribution in [1.82, 2.24) is 5.32 Å². The summed E-state index contributed by atoms with van der Waals surface area (Å²) in [5.41, 5.74) is 9.04. The minimum Gasteiger partial charge on any atom is -0.378 e. The number of halogens is 2.